The van der Waals surface area contributed by atoms with E-state index < -0.39 is 34.6 Å². The van der Waals surface area contributed by atoms with E-state index in [2.05, 4.69) is 0 Å². The Morgan fingerprint density at radius 2 is 2.00 bits per heavy atom. The molecule has 0 aliphatic rings. The third-order valence-electron chi connectivity index (χ3n) is 1.98. The molecule has 0 saturated heterocycles. The molecule has 0 radical (unpaired) electrons. The van der Waals surface area contributed by atoms with E-state index in [4.69, 9.17) is 11.6 Å². The average Bonchev–Trinajstić information content (AvgIpc) is 2.28. The minimum Gasteiger partial charge on any atom is -0.315 e. The van der Waals surface area contributed by atoms with Crippen molar-refractivity contribution >= 4 is 28.9 Å². The lowest BCUT2D eigenvalue weighted by atomic mass is 10.2. The number of nitro benzene ring substituents is 1. The lowest BCUT2D eigenvalue weighted by Gasteiger charge is -2.14. The van der Waals surface area contributed by atoms with Crippen molar-refractivity contribution in [3.05, 3.63) is 33.3 Å². The second-order valence-corrected chi connectivity index (χ2v) is 3.73. The summed E-state index contributed by atoms with van der Waals surface area (Å²) in [6.07, 6.45) is -4.23. The molecule has 0 spiro atoms. The maximum atomic E-state index is 12.7. The van der Waals surface area contributed by atoms with Crippen molar-refractivity contribution in [1.82, 2.24) is 0 Å². The lowest BCUT2D eigenvalue weighted by Crippen LogP contribution is -2.41. The molecule has 0 heterocycles. The molecular formula is C9H5ClF4N2O3. The summed E-state index contributed by atoms with van der Waals surface area (Å²) in [5.41, 5.74) is -1.44. The highest BCUT2D eigenvalue weighted by atomic mass is 35.5. The number of carbonyl (C=O) groups is 1. The van der Waals surface area contributed by atoms with Crippen molar-refractivity contribution in [3.63, 3.8) is 0 Å². The number of hydrogen-bond acceptors (Lipinski definition) is 3. The largest absolute Gasteiger partial charge is 0.383 e. The standard InChI is InChI=1S/C9H5ClF4N2O3/c10-4-1-2-6(16(18)19)5(3-4)15-8(17)9(13,14)7(11)12/h1-3,7H,(H,15,17). The first-order valence-corrected chi connectivity index (χ1v) is 4.95. The molecule has 1 amide bonds. The van der Waals surface area contributed by atoms with Gasteiger partial charge in [0.15, 0.2) is 0 Å². The fourth-order valence-electron chi connectivity index (χ4n) is 1.07. The molecule has 19 heavy (non-hydrogen) atoms. The molecule has 1 aromatic rings. The van der Waals surface area contributed by atoms with Gasteiger partial charge in [0, 0.05) is 11.1 Å². The van der Waals surface area contributed by atoms with Gasteiger partial charge < -0.3 is 5.32 Å². The Kier molecular flexibility index (Phi) is 4.30. The zero-order chi connectivity index (χ0) is 14.8. The average molecular weight is 301 g/mol. The van der Waals surface area contributed by atoms with Gasteiger partial charge in [0.2, 0.25) is 0 Å². The maximum absolute atomic E-state index is 12.7. The van der Waals surface area contributed by atoms with Gasteiger partial charge in [-0.3, -0.25) is 14.9 Å². The number of hydrogen-bond donors (Lipinski definition) is 1. The molecule has 1 N–H and O–H groups in total. The van der Waals surface area contributed by atoms with E-state index in [1.54, 1.807) is 0 Å². The van der Waals surface area contributed by atoms with Crippen LogP contribution < -0.4 is 5.32 Å². The molecule has 0 bridgehead atoms. The summed E-state index contributed by atoms with van der Waals surface area (Å²) in [5, 5.41) is 11.8. The monoisotopic (exact) mass is 300 g/mol. The van der Waals surface area contributed by atoms with Gasteiger partial charge in [-0.2, -0.15) is 8.78 Å². The number of benzene rings is 1. The molecule has 1 aromatic carbocycles. The Labute approximate surface area is 108 Å². The summed E-state index contributed by atoms with van der Waals surface area (Å²) in [5.74, 6) is -7.32. The molecule has 0 unspecified atom stereocenters. The lowest BCUT2D eigenvalue weighted by molar-refractivity contribution is -0.383. The molecule has 10 heteroatoms. The van der Waals surface area contributed by atoms with Gasteiger partial charge >= 0.3 is 18.3 Å². The predicted molar refractivity (Wildman–Crippen MR) is 57.7 cm³/mol. The van der Waals surface area contributed by atoms with E-state index in [1.165, 1.54) is 5.32 Å². The molecule has 0 fully saturated rings. The zero-order valence-electron chi connectivity index (χ0n) is 8.87. The first kappa shape index (κ1) is 15.2. The second kappa shape index (κ2) is 5.39. The minimum absolute atomic E-state index is 0.0961. The van der Waals surface area contributed by atoms with Crippen LogP contribution >= 0.6 is 11.6 Å². The van der Waals surface area contributed by atoms with Gasteiger partial charge in [0.1, 0.15) is 5.69 Å². The quantitative estimate of drug-likeness (QED) is 0.527. The SMILES string of the molecule is O=C(Nc1cc(Cl)ccc1[N+](=O)[O-])C(F)(F)C(F)F. The van der Waals surface area contributed by atoms with E-state index >= 15 is 0 Å². The Bertz CT molecular complexity index is 524. The fourth-order valence-corrected chi connectivity index (χ4v) is 1.24. The van der Waals surface area contributed by atoms with Crippen LogP contribution in [-0.4, -0.2) is 23.2 Å². The van der Waals surface area contributed by atoms with Crippen LogP contribution in [0.3, 0.4) is 0 Å². The van der Waals surface area contributed by atoms with Crippen molar-refractivity contribution in [2.45, 2.75) is 12.3 Å². The summed E-state index contributed by atoms with van der Waals surface area (Å²) in [4.78, 5) is 20.5. The second-order valence-electron chi connectivity index (χ2n) is 3.30. The summed E-state index contributed by atoms with van der Waals surface area (Å²) >= 11 is 5.47. The third kappa shape index (κ3) is 3.31. The highest BCUT2D eigenvalue weighted by molar-refractivity contribution is 6.31. The van der Waals surface area contributed by atoms with Crippen LogP contribution in [0.2, 0.25) is 5.02 Å². The van der Waals surface area contributed by atoms with Gasteiger partial charge in [-0.1, -0.05) is 11.6 Å². The Morgan fingerprint density at radius 1 is 1.42 bits per heavy atom. The van der Waals surface area contributed by atoms with Crippen LogP contribution in [-0.2, 0) is 4.79 Å². The summed E-state index contributed by atoms with van der Waals surface area (Å²) in [6, 6.07) is 2.73. The molecule has 0 aliphatic heterocycles. The number of anilines is 1. The first-order valence-electron chi connectivity index (χ1n) is 4.57. The Balaban J connectivity index is 3.09. The van der Waals surface area contributed by atoms with E-state index in [9.17, 15) is 32.5 Å². The van der Waals surface area contributed by atoms with Crippen molar-refractivity contribution in [2.75, 3.05) is 5.32 Å². The normalized spacial score (nSPS) is 11.5. The van der Waals surface area contributed by atoms with E-state index in [0.29, 0.717) is 0 Å². The van der Waals surface area contributed by atoms with E-state index in [0.717, 1.165) is 18.2 Å². The first-order chi connectivity index (χ1) is 8.66. The maximum Gasteiger partial charge on any atom is 0.383 e. The number of alkyl halides is 4. The van der Waals surface area contributed by atoms with Gasteiger partial charge in [-0.15, -0.1) is 0 Å². The molecular weight excluding hydrogens is 296 g/mol. The third-order valence-corrected chi connectivity index (χ3v) is 2.22. The number of nitrogens with zero attached hydrogens (tertiary/aromatic N) is 1. The Morgan fingerprint density at radius 3 is 2.47 bits per heavy atom. The number of amides is 1. The fraction of sp³-hybridized carbons (Fsp3) is 0.222. The molecule has 0 aromatic heterocycles. The summed E-state index contributed by atoms with van der Waals surface area (Å²) in [6.45, 7) is 0. The van der Waals surface area contributed by atoms with Crippen molar-refractivity contribution in [3.8, 4) is 0 Å². The summed E-state index contributed by atoms with van der Waals surface area (Å²) < 4.78 is 49.3. The predicted octanol–water partition coefficient (Wildman–Crippen LogP) is 3.09. The van der Waals surface area contributed by atoms with Crippen LogP contribution in [0, 0.1) is 10.1 Å². The van der Waals surface area contributed by atoms with Crippen molar-refractivity contribution in [2.24, 2.45) is 0 Å². The van der Waals surface area contributed by atoms with Gasteiger partial charge in [-0.25, -0.2) is 8.78 Å². The van der Waals surface area contributed by atoms with Crippen LogP contribution in [0.25, 0.3) is 0 Å². The molecule has 104 valence electrons. The molecule has 5 nitrogen and oxygen atoms in total. The number of carbonyl (C=O) groups excluding carboxylic acids is 1. The number of nitro groups is 1. The van der Waals surface area contributed by atoms with Gasteiger partial charge in [0.25, 0.3) is 5.69 Å². The molecule has 0 aliphatic carbocycles. The smallest absolute Gasteiger partial charge is 0.315 e. The molecule has 0 atom stereocenters. The topological polar surface area (TPSA) is 72.2 Å². The van der Waals surface area contributed by atoms with Crippen LogP contribution in [0.1, 0.15) is 0 Å². The highest BCUT2D eigenvalue weighted by Gasteiger charge is 2.49. The van der Waals surface area contributed by atoms with E-state index in [-0.39, 0.29) is 5.02 Å². The molecule has 0 saturated carbocycles. The van der Waals surface area contributed by atoms with E-state index in [1.807, 2.05) is 0 Å². The van der Waals surface area contributed by atoms with Crippen LogP contribution in [0.15, 0.2) is 18.2 Å². The number of rotatable bonds is 4. The van der Waals surface area contributed by atoms with Crippen molar-refractivity contribution in [1.29, 1.82) is 0 Å². The summed E-state index contributed by atoms with van der Waals surface area (Å²) in [7, 11) is 0. The minimum atomic E-state index is -4.96. The van der Waals surface area contributed by atoms with Crippen molar-refractivity contribution < 1.29 is 27.3 Å². The molecule has 1 rings (SSSR count). The zero-order valence-corrected chi connectivity index (χ0v) is 9.63. The van der Waals surface area contributed by atoms with Crippen LogP contribution in [0.5, 0.6) is 0 Å². The number of halogens is 5. The highest BCUT2D eigenvalue weighted by Crippen LogP contribution is 2.30. The van der Waals surface area contributed by atoms with Crippen LogP contribution in [0.4, 0.5) is 28.9 Å². The number of nitrogens with one attached hydrogen (secondary N) is 1. The van der Waals surface area contributed by atoms with Gasteiger partial charge in [-0.05, 0) is 12.1 Å². The van der Waals surface area contributed by atoms with Gasteiger partial charge in [0.05, 0.1) is 4.92 Å². The Hall–Kier alpha value is -1.90.